The summed E-state index contributed by atoms with van der Waals surface area (Å²) >= 11 is 1.71. The first-order chi connectivity index (χ1) is 8.63. The zero-order valence-corrected chi connectivity index (χ0v) is 11.2. The van der Waals surface area contributed by atoms with Crippen LogP contribution in [-0.4, -0.2) is 23.5 Å². The predicted octanol–water partition coefficient (Wildman–Crippen LogP) is 1.57. The van der Waals surface area contributed by atoms with Crippen LogP contribution in [0.5, 0.6) is 0 Å². The van der Waals surface area contributed by atoms with Gasteiger partial charge in [0.25, 0.3) is 0 Å². The van der Waals surface area contributed by atoms with Gasteiger partial charge in [-0.2, -0.15) is 0 Å². The van der Waals surface area contributed by atoms with E-state index in [0.29, 0.717) is 13.0 Å². The van der Waals surface area contributed by atoms with Crippen LogP contribution in [0, 0.1) is 5.92 Å². The summed E-state index contributed by atoms with van der Waals surface area (Å²) in [4.78, 5) is 12.8. The first kappa shape index (κ1) is 14.5. The Labute approximate surface area is 111 Å². The highest BCUT2D eigenvalue weighted by Crippen LogP contribution is 2.11. The smallest absolute Gasteiger partial charge is 0.220 e. The van der Waals surface area contributed by atoms with E-state index < -0.39 is 0 Å². The summed E-state index contributed by atoms with van der Waals surface area (Å²) in [6.45, 7) is 2.19. The maximum atomic E-state index is 11.5. The van der Waals surface area contributed by atoms with Crippen molar-refractivity contribution in [2.45, 2.75) is 26.2 Å². The van der Waals surface area contributed by atoms with E-state index in [1.165, 1.54) is 4.88 Å². The van der Waals surface area contributed by atoms with Crippen LogP contribution in [0.25, 0.3) is 0 Å². The number of aryl methyl sites for hydroxylation is 1. The number of nitrogens with one attached hydrogen (secondary N) is 1. The molecule has 5 nitrogen and oxygen atoms in total. The first-order valence-corrected chi connectivity index (χ1v) is 6.78. The van der Waals surface area contributed by atoms with E-state index in [4.69, 9.17) is 10.9 Å². The van der Waals surface area contributed by atoms with Gasteiger partial charge in [0.05, 0.1) is 0 Å². The number of amidine groups is 1. The molecule has 0 aromatic carbocycles. The molecule has 0 radical (unpaired) electrons. The number of carbonyl (C=O) groups excluding carboxylic acids is 1. The molecule has 1 heterocycles. The minimum atomic E-state index is -0.156. The summed E-state index contributed by atoms with van der Waals surface area (Å²) in [5.74, 6) is -0.0192. The lowest BCUT2D eigenvalue weighted by molar-refractivity contribution is -0.121. The summed E-state index contributed by atoms with van der Waals surface area (Å²) < 4.78 is 0. The SMILES string of the molecule is CC(CNC(=O)CCCc1cccs1)C(N)=NO. The lowest BCUT2D eigenvalue weighted by atomic mass is 10.1. The van der Waals surface area contributed by atoms with E-state index in [-0.39, 0.29) is 17.7 Å². The van der Waals surface area contributed by atoms with Crippen molar-refractivity contribution >= 4 is 23.1 Å². The van der Waals surface area contributed by atoms with Gasteiger partial charge in [0.2, 0.25) is 5.91 Å². The summed E-state index contributed by atoms with van der Waals surface area (Å²) in [6, 6.07) is 4.09. The highest BCUT2D eigenvalue weighted by atomic mass is 32.1. The molecular formula is C12H19N3O2S. The number of hydrogen-bond acceptors (Lipinski definition) is 4. The number of nitrogens with two attached hydrogens (primary N) is 1. The standard InChI is InChI=1S/C12H19N3O2S/c1-9(12(13)15-17)8-14-11(16)6-2-4-10-5-3-7-18-10/h3,5,7,9,17H,2,4,6,8H2,1H3,(H2,13,15)(H,14,16). The summed E-state index contributed by atoms with van der Waals surface area (Å²) in [7, 11) is 0. The van der Waals surface area contributed by atoms with Crippen molar-refractivity contribution in [2.24, 2.45) is 16.8 Å². The van der Waals surface area contributed by atoms with Crippen LogP contribution in [0.3, 0.4) is 0 Å². The quantitative estimate of drug-likeness (QED) is 0.304. The van der Waals surface area contributed by atoms with Gasteiger partial charge in [0.15, 0.2) is 0 Å². The van der Waals surface area contributed by atoms with E-state index in [0.717, 1.165) is 12.8 Å². The van der Waals surface area contributed by atoms with Crippen LogP contribution in [0.2, 0.25) is 0 Å². The molecule has 0 aliphatic heterocycles. The third-order valence-electron chi connectivity index (χ3n) is 2.63. The summed E-state index contributed by atoms with van der Waals surface area (Å²) in [5, 5.41) is 16.2. The zero-order valence-electron chi connectivity index (χ0n) is 10.4. The van der Waals surface area contributed by atoms with Gasteiger partial charge in [-0.15, -0.1) is 11.3 Å². The maximum Gasteiger partial charge on any atom is 0.220 e. The molecule has 1 aromatic rings. The second-order valence-electron chi connectivity index (χ2n) is 4.16. The van der Waals surface area contributed by atoms with Crippen molar-refractivity contribution in [3.05, 3.63) is 22.4 Å². The van der Waals surface area contributed by atoms with Crippen molar-refractivity contribution in [2.75, 3.05) is 6.54 Å². The molecule has 1 rings (SSSR count). The van der Waals surface area contributed by atoms with Gasteiger partial charge >= 0.3 is 0 Å². The molecule has 1 amide bonds. The highest BCUT2D eigenvalue weighted by Gasteiger charge is 2.09. The Bertz CT molecular complexity index is 390. The highest BCUT2D eigenvalue weighted by molar-refractivity contribution is 7.09. The van der Waals surface area contributed by atoms with Gasteiger partial charge in [0, 0.05) is 23.8 Å². The van der Waals surface area contributed by atoms with Gasteiger partial charge < -0.3 is 16.3 Å². The maximum absolute atomic E-state index is 11.5. The Hall–Kier alpha value is -1.56. The largest absolute Gasteiger partial charge is 0.409 e. The number of oxime groups is 1. The lowest BCUT2D eigenvalue weighted by Crippen LogP contribution is -2.34. The number of carbonyl (C=O) groups is 1. The third-order valence-corrected chi connectivity index (χ3v) is 3.57. The van der Waals surface area contributed by atoms with Crippen molar-refractivity contribution in [1.82, 2.24) is 5.32 Å². The van der Waals surface area contributed by atoms with Gasteiger partial charge in [-0.1, -0.05) is 18.1 Å². The average molecular weight is 269 g/mol. The van der Waals surface area contributed by atoms with Gasteiger partial charge in [-0.05, 0) is 24.3 Å². The fourth-order valence-electron chi connectivity index (χ4n) is 1.44. The molecule has 0 aliphatic carbocycles. The molecule has 1 unspecified atom stereocenters. The fraction of sp³-hybridized carbons (Fsp3) is 0.500. The van der Waals surface area contributed by atoms with Crippen LogP contribution in [0.1, 0.15) is 24.6 Å². The van der Waals surface area contributed by atoms with Gasteiger partial charge in [-0.25, -0.2) is 0 Å². The Morgan fingerprint density at radius 2 is 2.44 bits per heavy atom. The minimum absolute atomic E-state index is 0.00384. The monoisotopic (exact) mass is 269 g/mol. The van der Waals surface area contributed by atoms with Crippen LogP contribution in [0.4, 0.5) is 0 Å². The van der Waals surface area contributed by atoms with E-state index in [9.17, 15) is 4.79 Å². The second-order valence-corrected chi connectivity index (χ2v) is 5.20. The molecule has 0 bridgehead atoms. The van der Waals surface area contributed by atoms with Crippen molar-refractivity contribution in [1.29, 1.82) is 0 Å². The van der Waals surface area contributed by atoms with E-state index in [1.54, 1.807) is 18.3 Å². The third kappa shape index (κ3) is 5.18. The zero-order chi connectivity index (χ0) is 13.4. The molecule has 100 valence electrons. The summed E-state index contributed by atoms with van der Waals surface area (Å²) in [5.41, 5.74) is 5.42. The number of thiophene rings is 1. The number of amides is 1. The van der Waals surface area contributed by atoms with E-state index >= 15 is 0 Å². The molecule has 0 saturated carbocycles. The molecule has 18 heavy (non-hydrogen) atoms. The van der Waals surface area contributed by atoms with Gasteiger partial charge in [0.1, 0.15) is 5.84 Å². The van der Waals surface area contributed by atoms with Crippen LogP contribution in [-0.2, 0) is 11.2 Å². The Balaban J connectivity index is 2.14. The van der Waals surface area contributed by atoms with Crippen LogP contribution < -0.4 is 11.1 Å². The predicted molar refractivity (Wildman–Crippen MR) is 72.8 cm³/mol. The molecule has 4 N–H and O–H groups in total. The molecular weight excluding hydrogens is 250 g/mol. The molecule has 1 atom stereocenters. The fourth-order valence-corrected chi connectivity index (χ4v) is 2.19. The molecule has 1 aromatic heterocycles. The van der Waals surface area contributed by atoms with Gasteiger partial charge in [-0.3, -0.25) is 4.79 Å². The molecule has 6 heteroatoms. The minimum Gasteiger partial charge on any atom is -0.409 e. The van der Waals surface area contributed by atoms with Crippen molar-refractivity contribution in [3.8, 4) is 0 Å². The number of hydrogen-bond donors (Lipinski definition) is 3. The summed E-state index contributed by atoms with van der Waals surface area (Å²) in [6.07, 6.45) is 2.27. The Kier molecular flexibility index (Phi) is 6.21. The van der Waals surface area contributed by atoms with Crippen molar-refractivity contribution < 1.29 is 10.0 Å². The van der Waals surface area contributed by atoms with E-state index in [2.05, 4.69) is 16.5 Å². The average Bonchev–Trinajstić information content (AvgIpc) is 2.88. The Morgan fingerprint density at radius 1 is 1.67 bits per heavy atom. The molecule has 0 fully saturated rings. The second kappa shape index (κ2) is 7.71. The topological polar surface area (TPSA) is 87.7 Å². The lowest BCUT2D eigenvalue weighted by Gasteiger charge is -2.10. The Morgan fingerprint density at radius 3 is 3.06 bits per heavy atom. The first-order valence-electron chi connectivity index (χ1n) is 5.90. The van der Waals surface area contributed by atoms with E-state index in [1.807, 2.05) is 11.4 Å². The molecule has 0 spiro atoms. The van der Waals surface area contributed by atoms with Crippen LogP contribution in [0.15, 0.2) is 22.7 Å². The van der Waals surface area contributed by atoms with Crippen molar-refractivity contribution in [3.63, 3.8) is 0 Å². The molecule has 0 aliphatic rings. The molecule has 0 saturated heterocycles. The normalized spacial score (nSPS) is 13.3. The number of rotatable bonds is 7. The van der Waals surface area contributed by atoms with Crippen LogP contribution >= 0.6 is 11.3 Å². The number of nitrogens with zero attached hydrogens (tertiary/aromatic N) is 1.